The Bertz CT molecular complexity index is 1420. The van der Waals surface area contributed by atoms with Gasteiger partial charge in [0.1, 0.15) is 0 Å². The van der Waals surface area contributed by atoms with E-state index in [1.807, 2.05) is 14.0 Å². The second-order valence-corrected chi connectivity index (χ2v) is 36.1. The molecule has 10 saturated heterocycles. The van der Waals surface area contributed by atoms with Crippen molar-refractivity contribution in [1.29, 1.82) is 0 Å². The summed E-state index contributed by atoms with van der Waals surface area (Å²) >= 11 is 0. The summed E-state index contributed by atoms with van der Waals surface area (Å²) in [6.07, 6.45) is 5.18. The van der Waals surface area contributed by atoms with Crippen LogP contribution in [-0.2, 0) is 16.0 Å². The summed E-state index contributed by atoms with van der Waals surface area (Å²) in [6.45, 7) is -1.57. The minimum atomic E-state index is -3.56. The molecule has 2 nitrogen and oxygen atoms in total. The van der Waals surface area contributed by atoms with E-state index in [-0.39, 0.29) is 6.10 Å². The molecule has 1 spiro atoms. The molecule has 10 heterocycles. The molecule has 11 rings (SSSR count). The van der Waals surface area contributed by atoms with Gasteiger partial charge in [-0.05, 0) is 0 Å². The summed E-state index contributed by atoms with van der Waals surface area (Å²) in [5.41, 5.74) is 1.26. The maximum absolute atomic E-state index is 13.0. The van der Waals surface area contributed by atoms with Crippen molar-refractivity contribution in [2.45, 2.75) is 60.2 Å². The number of allylic oxidation sites excluding steroid dienone is 1. The van der Waals surface area contributed by atoms with Gasteiger partial charge in [-0.1, -0.05) is 0 Å². The molecule has 1 aromatic rings. The zero-order chi connectivity index (χ0) is 16.3. The summed E-state index contributed by atoms with van der Waals surface area (Å²) in [7, 11) is 1.83. The second kappa shape index (κ2) is 1.20. The quantitative estimate of drug-likeness (QED) is 0.492. The second-order valence-electron chi connectivity index (χ2n) is 12.8. The zero-order valence-electron chi connectivity index (χ0n) is 14.4. The van der Waals surface area contributed by atoms with Gasteiger partial charge in [0.25, 0.3) is 0 Å². The number of hydrogen-bond acceptors (Lipinski definition) is 2. The molecule has 0 bridgehead atoms. The topological polar surface area (TPSA) is 26.3 Å². The van der Waals surface area contributed by atoms with Crippen LogP contribution in [-0.4, -0.2) is 12.9 Å². The number of rotatable bonds is 5. The van der Waals surface area contributed by atoms with E-state index in [4.69, 9.17) is 4.74 Å². The predicted molar refractivity (Wildman–Crippen MR) is 91.4 cm³/mol. The van der Waals surface area contributed by atoms with Gasteiger partial charge < -0.3 is 0 Å². The van der Waals surface area contributed by atoms with Crippen LogP contribution in [0.5, 0.6) is 0 Å². The van der Waals surface area contributed by atoms with Gasteiger partial charge in [0.2, 0.25) is 0 Å². The van der Waals surface area contributed by atoms with Crippen molar-refractivity contribution in [2.75, 3.05) is 7.11 Å². The normalized spacial score (nSPS) is 89.2. The molecular weight excluding hydrogens is 352 g/mol. The summed E-state index contributed by atoms with van der Waals surface area (Å²) in [5, 5.41) is 0. The van der Waals surface area contributed by atoms with Crippen LogP contribution in [0.3, 0.4) is 0 Å². The molecule has 10 fully saturated rings. The van der Waals surface area contributed by atoms with Gasteiger partial charge in [-0.2, -0.15) is 0 Å². The minimum absolute atomic E-state index is 0.0785. The van der Waals surface area contributed by atoms with Gasteiger partial charge in [0.15, 0.2) is 0 Å². The maximum atomic E-state index is 13.0. The third-order valence-corrected chi connectivity index (χ3v) is 60.4. The van der Waals surface area contributed by atoms with E-state index in [0.29, 0.717) is 14.4 Å². The van der Waals surface area contributed by atoms with E-state index in [9.17, 15) is 4.79 Å². The Morgan fingerprint density at radius 2 is 1.68 bits per heavy atom. The molecule has 10 aliphatic rings. The molecule has 25 heavy (non-hydrogen) atoms. The first-order valence-corrected chi connectivity index (χ1v) is 16.1. The van der Waals surface area contributed by atoms with Crippen LogP contribution in [0.4, 0.5) is 0 Å². The van der Waals surface area contributed by atoms with Gasteiger partial charge in [-0.3, -0.25) is 0 Å². The average Bonchev–Trinajstić information content (AvgIpc) is 3.56. The predicted octanol–water partition coefficient (Wildman–Crippen LogP) is 5.65. The first kappa shape index (κ1) is 11.1. The summed E-state index contributed by atoms with van der Waals surface area (Å²) in [6, 6.07) is 10.6. The molecule has 3 heteroatoms. The number of ketones is 1. The van der Waals surface area contributed by atoms with Crippen LogP contribution in [0.15, 0.2) is 42.5 Å². The number of ether oxygens (including phenoxy) is 1. The van der Waals surface area contributed by atoms with Gasteiger partial charge in [0, 0.05) is 0 Å². The van der Waals surface area contributed by atoms with Crippen LogP contribution < -0.4 is 0 Å². The summed E-state index contributed by atoms with van der Waals surface area (Å²) < 4.78 is 6.83. The first-order valence-electron chi connectivity index (χ1n) is 9.89. The number of carbonyl (C=O) groups is 1. The molecule has 0 aliphatic carbocycles. The molecular formula is C22H22FeO2. The molecule has 0 saturated carbocycles. The Kier molecular flexibility index (Phi) is 0.530. The summed E-state index contributed by atoms with van der Waals surface area (Å²) in [5.74, 6) is 0.665. The van der Waals surface area contributed by atoms with E-state index >= 15 is 0 Å². The van der Waals surface area contributed by atoms with Gasteiger partial charge >= 0.3 is 137 Å². The SMILES string of the molecule is COC(C=C[C]12[CH]3[CH]4[CH]5[CH]1[Fe]45321678[CH]2[CH]1[CH]6[C]7(C(C)=O)[CH]28)c1ccccc1. The Labute approximate surface area is 137 Å². The van der Waals surface area contributed by atoms with Crippen LogP contribution in [0, 0.1) is 0 Å². The number of hydrogen-bond donors (Lipinski definition) is 0. The molecule has 1 aromatic carbocycles. The molecule has 0 N–H and O–H groups in total. The van der Waals surface area contributed by atoms with Crippen molar-refractivity contribution in [3.05, 3.63) is 48.0 Å². The van der Waals surface area contributed by atoms with Gasteiger partial charge in [-0.15, -0.1) is 0 Å². The van der Waals surface area contributed by atoms with Crippen molar-refractivity contribution >= 4 is 5.78 Å². The fourth-order valence-corrected chi connectivity index (χ4v) is 95.5. The fourth-order valence-electron chi connectivity index (χ4n) is 19.3. The number of benzene rings is 1. The third kappa shape index (κ3) is 0.163. The Hall–Kier alpha value is -0.891. The Balaban J connectivity index is 1.19. The molecule has 0 aromatic heterocycles. The van der Waals surface area contributed by atoms with Crippen molar-refractivity contribution in [3.8, 4) is 0 Å². The zero-order valence-corrected chi connectivity index (χ0v) is 15.5. The van der Waals surface area contributed by atoms with E-state index in [1.165, 1.54) is 5.56 Å². The van der Waals surface area contributed by atoms with Crippen molar-refractivity contribution < 1.29 is 16.0 Å². The summed E-state index contributed by atoms with van der Waals surface area (Å²) in [4.78, 5) is 21.8. The van der Waals surface area contributed by atoms with Crippen molar-refractivity contribution in [1.82, 2.24) is 0 Å². The molecule has 9 unspecified atom stereocenters. The van der Waals surface area contributed by atoms with Crippen molar-refractivity contribution in [2.24, 2.45) is 0 Å². The van der Waals surface area contributed by atoms with Crippen LogP contribution in [0.2, 0.25) is 47.2 Å². The van der Waals surface area contributed by atoms with Gasteiger partial charge in [-0.25, -0.2) is 0 Å². The van der Waals surface area contributed by atoms with E-state index in [0.717, 1.165) is 38.5 Å². The fraction of sp³-hybridized carbons (Fsp3) is 0.591. The molecule has 130 valence electrons. The number of methoxy groups -OCH3 is 1. The molecule has 0 amide bonds. The number of carbonyl (C=O) groups excluding carboxylic acids is 1. The molecule has 0 radical (unpaired) electrons. The van der Waals surface area contributed by atoms with Crippen LogP contribution >= 0.6 is 0 Å². The standard InChI is InChI=1S/C15H15O.C7H7O.Fe/c1-16-15(14-9-3-2-4-10-14)12-11-13-7-5-6-8-13;1-6(8)7-4-2-3-5-7;/h2-12,15H,1H3;2-5H,1H3;. The third-order valence-electron chi connectivity index (χ3n) is 17.4. The van der Waals surface area contributed by atoms with Crippen LogP contribution in [0.25, 0.3) is 0 Å². The average molecular weight is 374 g/mol. The van der Waals surface area contributed by atoms with E-state index in [1.54, 1.807) is 0 Å². The Morgan fingerprint density at radius 1 is 1.08 bits per heavy atom. The van der Waals surface area contributed by atoms with E-state index in [2.05, 4.69) is 42.5 Å². The van der Waals surface area contributed by atoms with Crippen LogP contribution in [0.1, 0.15) is 18.6 Å². The monoisotopic (exact) mass is 374 g/mol. The Morgan fingerprint density at radius 3 is 2.12 bits per heavy atom. The van der Waals surface area contributed by atoms with Gasteiger partial charge in [0.05, 0.1) is 0 Å². The first-order chi connectivity index (χ1) is 11.9. The van der Waals surface area contributed by atoms with Crippen molar-refractivity contribution in [3.63, 3.8) is 0 Å². The number of Topliss-reactive ketones (excluding diaryl/α,β-unsaturated/α-hetero) is 1. The number of fused-ring (bicyclic) bond motifs is 10. The molecule has 9 atom stereocenters. The van der Waals surface area contributed by atoms with E-state index < -0.39 is 6.51 Å². The molecule has 10 aliphatic heterocycles.